The van der Waals surface area contributed by atoms with Crippen LogP contribution in [0.3, 0.4) is 0 Å². The number of H-pyrrole nitrogens is 1. The van der Waals surface area contributed by atoms with Crippen molar-refractivity contribution in [1.82, 2.24) is 14.9 Å². The van der Waals surface area contributed by atoms with Gasteiger partial charge in [-0.15, -0.1) is 0 Å². The summed E-state index contributed by atoms with van der Waals surface area (Å²) in [6.07, 6.45) is 2.87. The third-order valence-electron chi connectivity index (χ3n) is 5.24. The molecule has 1 fully saturated rings. The Morgan fingerprint density at radius 2 is 2.11 bits per heavy atom. The number of hydrogen-bond acceptors (Lipinski definition) is 6. The van der Waals surface area contributed by atoms with Gasteiger partial charge in [0.05, 0.1) is 7.11 Å². The number of fused-ring (bicyclic) bond motifs is 1. The Hall–Kier alpha value is -2.54. The quantitative estimate of drug-likeness (QED) is 0.870. The molecule has 0 spiro atoms. The minimum Gasteiger partial charge on any atom is -0.496 e. The SMILES string of the molecule is CCc1cc(=O)[nH]c(C2CCCN(Cc3cc4c(cc3OC)OCO4)C2)n1. The standard InChI is InChI=1S/C20H25N3O4/c1-3-15-8-19(24)22-20(21-15)13-5-4-6-23(10-13)11-14-7-17-18(27-12-26-17)9-16(14)25-2/h7-9,13H,3-6,10-12H2,1-2H3,(H,21,22,24). The van der Waals surface area contributed by atoms with E-state index in [9.17, 15) is 4.79 Å². The summed E-state index contributed by atoms with van der Waals surface area (Å²) >= 11 is 0. The van der Waals surface area contributed by atoms with E-state index in [1.165, 1.54) is 0 Å². The molecule has 1 aromatic carbocycles. The van der Waals surface area contributed by atoms with Crippen LogP contribution in [0.1, 0.15) is 42.8 Å². The molecular formula is C20H25N3O4. The van der Waals surface area contributed by atoms with Crippen molar-refractivity contribution in [2.75, 3.05) is 27.0 Å². The van der Waals surface area contributed by atoms with Crippen molar-refractivity contribution in [3.63, 3.8) is 0 Å². The van der Waals surface area contributed by atoms with Gasteiger partial charge in [0.15, 0.2) is 11.5 Å². The summed E-state index contributed by atoms with van der Waals surface area (Å²) in [4.78, 5) is 21.9. The summed E-state index contributed by atoms with van der Waals surface area (Å²) in [5.74, 6) is 3.34. The largest absolute Gasteiger partial charge is 0.496 e. The van der Waals surface area contributed by atoms with Crippen LogP contribution in [0.4, 0.5) is 0 Å². The number of aromatic amines is 1. The minimum atomic E-state index is -0.0635. The molecule has 1 atom stereocenters. The van der Waals surface area contributed by atoms with Gasteiger partial charge in [0.2, 0.25) is 6.79 Å². The van der Waals surface area contributed by atoms with E-state index in [1.807, 2.05) is 19.1 Å². The molecule has 1 aromatic heterocycles. The lowest BCUT2D eigenvalue weighted by Gasteiger charge is -2.32. The van der Waals surface area contributed by atoms with Gasteiger partial charge in [0, 0.05) is 42.4 Å². The second-order valence-electron chi connectivity index (χ2n) is 7.07. The molecular weight excluding hydrogens is 346 g/mol. The van der Waals surface area contributed by atoms with Crippen molar-refractivity contribution in [3.8, 4) is 17.2 Å². The van der Waals surface area contributed by atoms with Crippen LogP contribution in [0.2, 0.25) is 0 Å². The van der Waals surface area contributed by atoms with Crippen molar-refractivity contribution in [2.45, 2.75) is 38.6 Å². The van der Waals surface area contributed by atoms with Crippen LogP contribution < -0.4 is 19.8 Å². The average Bonchev–Trinajstić information content (AvgIpc) is 3.14. The molecule has 7 nitrogen and oxygen atoms in total. The van der Waals surface area contributed by atoms with E-state index in [-0.39, 0.29) is 18.3 Å². The van der Waals surface area contributed by atoms with Gasteiger partial charge in [-0.3, -0.25) is 9.69 Å². The van der Waals surface area contributed by atoms with Crippen LogP contribution in [0.15, 0.2) is 23.0 Å². The van der Waals surface area contributed by atoms with Gasteiger partial charge >= 0.3 is 0 Å². The van der Waals surface area contributed by atoms with Crippen LogP contribution >= 0.6 is 0 Å². The fraction of sp³-hybridized carbons (Fsp3) is 0.500. The van der Waals surface area contributed by atoms with Gasteiger partial charge in [-0.1, -0.05) is 6.92 Å². The Bertz CT molecular complexity index is 880. The van der Waals surface area contributed by atoms with Crippen molar-refractivity contribution >= 4 is 0 Å². The lowest BCUT2D eigenvalue weighted by molar-refractivity contribution is 0.173. The third-order valence-corrected chi connectivity index (χ3v) is 5.24. The van der Waals surface area contributed by atoms with E-state index < -0.39 is 0 Å². The molecule has 3 heterocycles. The Morgan fingerprint density at radius 3 is 2.89 bits per heavy atom. The molecule has 0 saturated carbocycles. The first-order chi connectivity index (χ1) is 13.2. The van der Waals surface area contributed by atoms with E-state index in [0.29, 0.717) is 0 Å². The fourth-order valence-corrected chi connectivity index (χ4v) is 3.85. The molecule has 0 bridgehead atoms. The monoisotopic (exact) mass is 371 g/mol. The van der Waals surface area contributed by atoms with E-state index in [1.54, 1.807) is 13.2 Å². The second-order valence-corrected chi connectivity index (χ2v) is 7.07. The Kier molecular flexibility index (Phi) is 5.03. The van der Waals surface area contributed by atoms with E-state index in [0.717, 1.165) is 73.2 Å². The topological polar surface area (TPSA) is 76.7 Å². The first-order valence-electron chi connectivity index (χ1n) is 9.45. The third kappa shape index (κ3) is 3.78. The lowest BCUT2D eigenvalue weighted by atomic mass is 9.96. The highest BCUT2D eigenvalue weighted by Crippen LogP contribution is 2.39. The fourth-order valence-electron chi connectivity index (χ4n) is 3.85. The molecule has 0 amide bonds. The number of aryl methyl sites for hydroxylation is 1. The van der Waals surface area contributed by atoms with Crippen LogP contribution in [0, 0.1) is 0 Å². The highest BCUT2D eigenvalue weighted by Gasteiger charge is 2.25. The maximum atomic E-state index is 11.9. The summed E-state index contributed by atoms with van der Waals surface area (Å²) in [6.45, 7) is 4.89. The van der Waals surface area contributed by atoms with Crippen molar-refractivity contribution in [3.05, 3.63) is 45.6 Å². The number of aromatic nitrogens is 2. The van der Waals surface area contributed by atoms with Gasteiger partial charge < -0.3 is 19.2 Å². The van der Waals surface area contributed by atoms with Gasteiger partial charge in [-0.25, -0.2) is 4.98 Å². The number of hydrogen-bond donors (Lipinski definition) is 1. The van der Waals surface area contributed by atoms with Crippen molar-refractivity contribution in [1.29, 1.82) is 0 Å². The average molecular weight is 371 g/mol. The summed E-state index contributed by atoms with van der Waals surface area (Å²) in [5, 5.41) is 0. The Labute approximate surface area is 158 Å². The molecule has 1 unspecified atom stereocenters. The number of benzene rings is 1. The zero-order valence-electron chi connectivity index (χ0n) is 15.8. The van der Waals surface area contributed by atoms with Crippen molar-refractivity contribution < 1.29 is 14.2 Å². The van der Waals surface area contributed by atoms with Crippen molar-refractivity contribution in [2.24, 2.45) is 0 Å². The molecule has 0 radical (unpaired) electrons. The van der Waals surface area contributed by atoms with Crippen LogP contribution in [-0.2, 0) is 13.0 Å². The number of nitrogens with zero attached hydrogens (tertiary/aromatic N) is 2. The molecule has 4 rings (SSSR count). The smallest absolute Gasteiger partial charge is 0.251 e. The molecule has 1 N–H and O–H groups in total. The predicted octanol–water partition coefficient (Wildman–Crippen LogP) is 2.45. The molecule has 7 heteroatoms. The summed E-state index contributed by atoms with van der Waals surface area (Å²) in [7, 11) is 1.67. The minimum absolute atomic E-state index is 0.0635. The van der Waals surface area contributed by atoms with Gasteiger partial charge in [-0.2, -0.15) is 0 Å². The highest BCUT2D eigenvalue weighted by atomic mass is 16.7. The second kappa shape index (κ2) is 7.60. The predicted molar refractivity (Wildman–Crippen MR) is 101 cm³/mol. The van der Waals surface area contributed by atoms with E-state index in [2.05, 4.69) is 14.9 Å². The van der Waals surface area contributed by atoms with Gasteiger partial charge in [-0.05, 0) is 31.9 Å². The normalized spacial score (nSPS) is 19.3. The number of nitrogens with one attached hydrogen (secondary N) is 1. The van der Waals surface area contributed by atoms with Crippen LogP contribution in [-0.4, -0.2) is 41.9 Å². The first-order valence-corrected chi connectivity index (χ1v) is 9.45. The summed E-state index contributed by atoms with van der Waals surface area (Å²) in [6, 6.07) is 5.48. The van der Waals surface area contributed by atoms with Gasteiger partial charge in [0.1, 0.15) is 11.6 Å². The number of piperidine rings is 1. The Balaban J connectivity index is 1.53. The maximum Gasteiger partial charge on any atom is 0.251 e. The van der Waals surface area contributed by atoms with E-state index in [4.69, 9.17) is 14.2 Å². The zero-order chi connectivity index (χ0) is 18.8. The number of rotatable bonds is 5. The molecule has 144 valence electrons. The summed E-state index contributed by atoms with van der Waals surface area (Å²) < 4.78 is 16.5. The molecule has 2 aromatic rings. The molecule has 0 aliphatic carbocycles. The van der Waals surface area contributed by atoms with Crippen LogP contribution in [0.25, 0.3) is 0 Å². The Morgan fingerprint density at radius 1 is 1.30 bits per heavy atom. The van der Waals surface area contributed by atoms with Crippen LogP contribution in [0.5, 0.6) is 17.2 Å². The van der Waals surface area contributed by atoms with E-state index >= 15 is 0 Å². The summed E-state index contributed by atoms with van der Waals surface area (Å²) in [5.41, 5.74) is 1.86. The lowest BCUT2D eigenvalue weighted by Crippen LogP contribution is -2.35. The zero-order valence-corrected chi connectivity index (χ0v) is 15.8. The molecule has 1 saturated heterocycles. The molecule has 2 aliphatic heterocycles. The first kappa shape index (κ1) is 17.9. The number of ether oxygens (including phenoxy) is 3. The number of likely N-dealkylation sites (tertiary alicyclic amines) is 1. The highest BCUT2D eigenvalue weighted by molar-refractivity contribution is 5.51. The molecule has 2 aliphatic rings. The molecule has 27 heavy (non-hydrogen) atoms. The maximum absolute atomic E-state index is 11.9. The number of methoxy groups -OCH3 is 1. The van der Waals surface area contributed by atoms with Gasteiger partial charge in [0.25, 0.3) is 5.56 Å².